The number of aliphatic hydroxyl groups is 3. The van der Waals surface area contributed by atoms with E-state index in [0.717, 1.165) is 22.9 Å². The van der Waals surface area contributed by atoms with Gasteiger partial charge < -0.3 is 45.3 Å². The smallest absolute Gasteiger partial charge is 0.330 e. The zero-order chi connectivity index (χ0) is 27.7. The predicted molar refractivity (Wildman–Crippen MR) is 117 cm³/mol. The molecule has 4 heterocycles. The van der Waals surface area contributed by atoms with E-state index >= 15 is 0 Å². The van der Waals surface area contributed by atoms with Crippen molar-refractivity contribution in [1.82, 2.24) is 20.3 Å². The quantitative estimate of drug-likeness (QED) is 0.161. The van der Waals surface area contributed by atoms with E-state index in [1.165, 1.54) is 7.11 Å². The third kappa shape index (κ3) is 5.31. The number of methoxy groups -OCH3 is 1. The molecule has 2 saturated heterocycles. The van der Waals surface area contributed by atoms with E-state index in [0.29, 0.717) is 0 Å². The molecule has 8 N–H and O–H groups in total. The number of H-pyrrole nitrogens is 1. The van der Waals surface area contributed by atoms with Crippen LogP contribution in [0.2, 0.25) is 0 Å². The Morgan fingerprint density at radius 3 is 2.58 bits per heavy atom. The van der Waals surface area contributed by atoms with Crippen molar-refractivity contribution in [2.75, 3.05) is 13.7 Å². The Labute approximate surface area is 211 Å². The van der Waals surface area contributed by atoms with Crippen molar-refractivity contribution in [3.8, 4) is 0 Å². The summed E-state index contributed by atoms with van der Waals surface area (Å²) >= 11 is 0. The van der Waals surface area contributed by atoms with Crippen LogP contribution in [-0.2, 0) is 38.2 Å². The van der Waals surface area contributed by atoms with Crippen LogP contribution in [0, 0.1) is 0 Å². The highest BCUT2D eigenvalue weighted by atomic mass is 16.7. The number of carbonyl (C=O) groups excluding carboxylic acids is 3. The third-order valence-corrected chi connectivity index (χ3v) is 5.97. The number of nitrogens with zero attached hydrogens (tertiary/aromatic N) is 1. The molecule has 0 spiro atoms. The first-order valence-electron chi connectivity index (χ1n) is 11.1. The minimum atomic E-state index is -1.87. The molecular weight excluding hydrogens is 518 g/mol. The van der Waals surface area contributed by atoms with Crippen molar-refractivity contribution in [2.45, 2.75) is 55.2 Å². The van der Waals surface area contributed by atoms with Crippen molar-refractivity contribution >= 4 is 17.7 Å². The summed E-state index contributed by atoms with van der Waals surface area (Å²) in [4.78, 5) is 66.9. The maximum Gasteiger partial charge on any atom is 0.330 e. The first-order valence-corrected chi connectivity index (χ1v) is 11.1. The molecule has 0 aromatic carbocycles. The summed E-state index contributed by atoms with van der Waals surface area (Å²) in [6.07, 6.45) is -11.1. The summed E-state index contributed by atoms with van der Waals surface area (Å²) in [7, 11) is 1.17. The lowest BCUT2D eigenvalue weighted by Gasteiger charge is -2.35. The number of aromatic amines is 1. The van der Waals surface area contributed by atoms with Crippen LogP contribution >= 0.6 is 0 Å². The molecule has 1 aromatic rings. The Morgan fingerprint density at radius 2 is 1.97 bits per heavy atom. The number of hydroxylamine groups is 1. The van der Waals surface area contributed by atoms with Gasteiger partial charge in [-0.1, -0.05) is 0 Å². The van der Waals surface area contributed by atoms with Crippen molar-refractivity contribution in [3.63, 3.8) is 0 Å². The highest BCUT2D eigenvalue weighted by molar-refractivity contribution is 5.96. The number of nitrogens with two attached hydrogens (primary N) is 1. The lowest BCUT2D eigenvalue weighted by molar-refractivity contribution is -0.241. The monoisotopic (exact) mass is 543 g/mol. The maximum absolute atomic E-state index is 12.6. The SMILES string of the molecule is COC1C(O)C(n2ccc(=O)[nH]c2=O)OC1C(OC1OC(C(=O)NC2CONC2=O)=CC(O)C1O)C(N)=O. The van der Waals surface area contributed by atoms with Gasteiger partial charge in [-0.2, -0.15) is 0 Å². The average molecular weight is 543 g/mol. The summed E-state index contributed by atoms with van der Waals surface area (Å²) in [5.74, 6) is -3.32. The Balaban J connectivity index is 1.54. The molecule has 38 heavy (non-hydrogen) atoms. The fourth-order valence-corrected chi connectivity index (χ4v) is 4.07. The van der Waals surface area contributed by atoms with E-state index in [1.807, 2.05) is 10.5 Å². The molecule has 1 aromatic heterocycles. The molecule has 4 rings (SSSR count). The number of hydrogen-bond acceptors (Lipinski definition) is 13. The van der Waals surface area contributed by atoms with E-state index in [1.54, 1.807) is 0 Å². The first kappa shape index (κ1) is 27.4. The second-order valence-corrected chi connectivity index (χ2v) is 8.46. The Bertz CT molecular complexity index is 1230. The van der Waals surface area contributed by atoms with Gasteiger partial charge >= 0.3 is 5.69 Å². The number of amides is 3. The van der Waals surface area contributed by atoms with Crippen LogP contribution in [-0.4, -0.2) is 105 Å². The van der Waals surface area contributed by atoms with E-state index in [2.05, 4.69) is 5.32 Å². The molecule has 0 saturated carbocycles. The molecule has 9 atom stereocenters. The van der Waals surface area contributed by atoms with Crippen LogP contribution in [0.3, 0.4) is 0 Å². The summed E-state index contributed by atoms with van der Waals surface area (Å²) in [6, 6.07) is -0.0550. The van der Waals surface area contributed by atoms with Crippen molar-refractivity contribution in [3.05, 3.63) is 44.9 Å². The lowest BCUT2D eigenvalue weighted by Crippen LogP contribution is -2.54. The largest absolute Gasteiger partial charge is 0.456 e. The zero-order valence-corrected chi connectivity index (χ0v) is 19.6. The lowest BCUT2D eigenvalue weighted by atomic mass is 10.0. The average Bonchev–Trinajstić information content (AvgIpc) is 3.41. The highest BCUT2D eigenvalue weighted by Gasteiger charge is 2.52. The molecule has 3 amide bonds. The molecule has 18 nitrogen and oxygen atoms in total. The molecular formula is C20H25N5O13. The van der Waals surface area contributed by atoms with E-state index < -0.39 is 89.9 Å². The summed E-state index contributed by atoms with van der Waals surface area (Å²) in [6.45, 7) is -0.175. The molecule has 0 aliphatic carbocycles. The van der Waals surface area contributed by atoms with Gasteiger partial charge in [0.2, 0.25) is 12.2 Å². The number of aliphatic hydroxyl groups excluding tert-OH is 3. The van der Waals surface area contributed by atoms with Gasteiger partial charge in [-0.3, -0.25) is 33.6 Å². The van der Waals surface area contributed by atoms with Crippen molar-refractivity contribution in [2.24, 2.45) is 5.73 Å². The minimum absolute atomic E-state index is 0.175. The Kier molecular flexibility index (Phi) is 7.92. The summed E-state index contributed by atoms with van der Waals surface area (Å²) < 4.78 is 22.6. The van der Waals surface area contributed by atoms with Crippen LogP contribution in [0.15, 0.2) is 33.7 Å². The normalized spacial score (nSPS) is 33.7. The van der Waals surface area contributed by atoms with E-state index in [9.17, 15) is 39.3 Å². The number of rotatable bonds is 8. The topological polar surface area (TPSA) is 263 Å². The van der Waals surface area contributed by atoms with E-state index in [4.69, 9.17) is 29.5 Å². The van der Waals surface area contributed by atoms with Gasteiger partial charge in [-0.15, -0.1) is 0 Å². The van der Waals surface area contributed by atoms with Crippen LogP contribution in [0.4, 0.5) is 0 Å². The Hall–Kier alpha value is -3.65. The minimum Gasteiger partial charge on any atom is -0.456 e. The fraction of sp³-hybridized carbons (Fsp3) is 0.550. The standard InChI is InChI=1S/C20H25N5O13/c1-34-12-11(29)18(25-3-2-9(27)23-20(25)33)37-13(12)14(15(21)30)38-19-10(28)7(26)4-8(36-19)17(32)22-6-5-35-24-16(6)31/h2-4,6-7,10-14,18-19,26,28-29H,5H2,1H3,(H2,21,30)(H,22,32)(H,24,31)(H,23,27,33). The maximum atomic E-state index is 12.6. The van der Waals surface area contributed by atoms with Gasteiger partial charge in [0.15, 0.2) is 18.1 Å². The molecule has 18 heteroatoms. The molecule has 0 radical (unpaired) electrons. The van der Waals surface area contributed by atoms with Gasteiger partial charge in [0.25, 0.3) is 17.4 Å². The number of carbonyl (C=O) groups is 3. The van der Waals surface area contributed by atoms with E-state index in [-0.39, 0.29) is 6.61 Å². The molecule has 3 aliphatic rings. The molecule has 208 valence electrons. The van der Waals surface area contributed by atoms with Crippen molar-refractivity contribution < 1.29 is 53.5 Å². The van der Waals surface area contributed by atoms with Crippen LogP contribution in [0.25, 0.3) is 0 Å². The van der Waals surface area contributed by atoms with Crippen molar-refractivity contribution in [1.29, 1.82) is 0 Å². The highest BCUT2D eigenvalue weighted by Crippen LogP contribution is 2.34. The predicted octanol–water partition coefficient (Wildman–Crippen LogP) is -5.81. The molecule has 9 unspecified atom stereocenters. The fourth-order valence-electron chi connectivity index (χ4n) is 4.07. The Morgan fingerprint density at radius 1 is 1.24 bits per heavy atom. The van der Waals surface area contributed by atoms with Gasteiger partial charge in [-0.25, -0.2) is 10.3 Å². The molecule has 3 aliphatic heterocycles. The first-order chi connectivity index (χ1) is 18.0. The zero-order valence-electron chi connectivity index (χ0n) is 19.6. The molecule has 0 bridgehead atoms. The van der Waals surface area contributed by atoms with Crippen LogP contribution in [0.1, 0.15) is 6.23 Å². The molecule has 2 fully saturated rings. The second-order valence-electron chi connectivity index (χ2n) is 8.46. The van der Waals surface area contributed by atoms with Gasteiger partial charge in [-0.05, 0) is 6.08 Å². The van der Waals surface area contributed by atoms with Gasteiger partial charge in [0.1, 0.15) is 43.2 Å². The van der Waals surface area contributed by atoms with Gasteiger partial charge in [0.05, 0.1) is 0 Å². The number of primary amides is 1. The summed E-state index contributed by atoms with van der Waals surface area (Å²) in [5.41, 5.74) is 5.90. The van der Waals surface area contributed by atoms with Crippen LogP contribution in [0.5, 0.6) is 0 Å². The number of nitrogens with one attached hydrogen (secondary N) is 3. The number of aromatic nitrogens is 2. The second kappa shape index (κ2) is 11.0. The number of hydrogen-bond donors (Lipinski definition) is 7. The third-order valence-electron chi connectivity index (χ3n) is 5.97. The van der Waals surface area contributed by atoms with Crippen LogP contribution < -0.4 is 27.8 Å². The summed E-state index contributed by atoms with van der Waals surface area (Å²) in [5, 5.41) is 33.7. The number of ether oxygens (including phenoxy) is 4. The van der Waals surface area contributed by atoms with Gasteiger partial charge in [0, 0.05) is 19.4 Å².